The molecule has 98 valence electrons. The smallest absolute Gasteiger partial charge is 0.493 e. The SMILES string of the molecule is C=CCC(OC(=O)O)c1ccc(OC)c(OC)c1. The molecule has 0 aliphatic heterocycles. The van der Waals surface area contributed by atoms with E-state index in [2.05, 4.69) is 6.58 Å². The zero-order valence-electron chi connectivity index (χ0n) is 10.4. The van der Waals surface area contributed by atoms with Gasteiger partial charge in [0.1, 0.15) is 6.10 Å². The molecule has 1 aromatic rings. The first-order valence-corrected chi connectivity index (χ1v) is 5.34. The van der Waals surface area contributed by atoms with E-state index in [9.17, 15) is 4.79 Å². The Balaban J connectivity index is 3.04. The van der Waals surface area contributed by atoms with Crippen LogP contribution in [0.1, 0.15) is 18.1 Å². The second-order valence-electron chi connectivity index (χ2n) is 3.51. The van der Waals surface area contributed by atoms with Crippen LogP contribution in [-0.2, 0) is 4.74 Å². The molecule has 0 aliphatic rings. The van der Waals surface area contributed by atoms with E-state index in [0.29, 0.717) is 23.5 Å². The molecule has 0 amide bonds. The molecule has 1 N–H and O–H groups in total. The van der Waals surface area contributed by atoms with Crippen LogP contribution in [0.3, 0.4) is 0 Å². The normalized spacial score (nSPS) is 11.4. The maximum absolute atomic E-state index is 10.6. The molecule has 0 radical (unpaired) electrons. The first-order chi connectivity index (χ1) is 8.62. The Morgan fingerprint density at radius 3 is 2.56 bits per heavy atom. The van der Waals surface area contributed by atoms with Gasteiger partial charge in [-0.25, -0.2) is 4.79 Å². The van der Waals surface area contributed by atoms with Gasteiger partial charge in [0, 0.05) is 6.42 Å². The summed E-state index contributed by atoms with van der Waals surface area (Å²) in [6, 6.07) is 5.13. The van der Waals surface area contributed by atoms with Crippen LogP contribution in [0, 0.1) is 0 Å². The van der Waals surface area contributed by atoms with E-state index in [0.717, 1.165) is 0 Å². The molecule has 5 nitrogen and oxygen atoms in total. The predicted octanol–water partition coefficient (Wildman–Crippen LogP) is 3.02. The van der Waals surface area contributed by atoms with Gasteiger partial charge in [-0.3, -0.25) is 0 Å². The van der Waals surface area contributed by atoms with E-state index >= 15 is 0 Å². The number of carboxylic acid groups (broad SMARTS) is 1. The Kier molecular flexibility index (Phi) is 5.05. The van der Waals surface area contributed by atoms with E-state index in [4.69, 9.17) is 19.3 Å². The van der Waals surface area contributed by atoms with Gasteiger partial charge >= 0.3 is 6.16 Å². The van der Waals surface area contributed by atoms with Crippen LogP contribution in [0.4, 0.5) is 4.79 Å². The molecule has 0 spiro atoms. The van der Waals surface area contributed by atoms with Gasteiger partial charge in [0.15, 0.2) is 11.5 Å². The monoisotopic (exact) mass is 252 g/mol. The van der Waals surface area contributed by atoms with Crippen molar-refractivity contribution in [3.63, 3.8) is 0 Å². The minimum absolute atomic E-state index is 0.391. The molecular weight excluding hydrogens is 236 g/mol. The highest BCUT2D eigenvalue weighted by Crippen LogP contribution is 2.32. The van der Waals surface area contributed by atoms with Gasteiger partial charge in [0.2, 0.25) is 0 Å². The topological polar surface area (TPSA) is 65.0 Å². The summed E-state index contributed by atoms with van der Waals surface area (Å²) in [7, 11) is 3.05. The highest BCUT2D eigenvalue weighted by molar-refractivity contribution is 5.57. The highest BCUT2D eigenvalue weighted by Gasteiger charge is 2.17. The fourth-order valence-corrected chi connectivity index (χ4v) is 1.58. The number of methoxy groups -OCH3 is 2. The number of rotatable bonds is 6. The average molecular weight is 252 g/mol. The lowest BCUT2D eigenvalue weighted by Crippen LogP contribution is -2.09. The van der Waals surface area contributed by atoms with E-state index in [1.165, 1.54) is 14.2 Å². The number of hydrogen-bond acceptors (Lipinski definition) is 4. The summed E-state index contributed by atoms with van der Waals surface area (Å²) in [5.41, 5.74) is 0.690. The Labute approximate surface area is 106 Å². The summed E-state index contributed by atoms with van der Waals surface area (Å²) < 4.78 is 15.1. The van der Waals surface area contributed by atoms with Crippen LogP contribution in [0.5, 0.6) is 11.5 Å². The minimum Gasteiger partial charge on any atom is -0.493 e. The highest BCUT2D eigenvalue weighted by atomic mass is 16.7. The lowest BCUT2D eigenvalue weighted by molar-refractivity contribution is 0.0523. The van der Waals surface area contributed by atoms with Crippen LogP contribution in [0.25, 0.3) is 0 Å². The van der Waals surface area contributed by atoms with Crippen molar-refractivity contribution in [3.8, 4) is 11.5 Å². The molecule has 0 fully saturated rings. The minimum atomic E-state index is -1.32. The lowest BCUT2D eigenvalue weighted by Gasteiger charge is -2.16. The first kappa shape index (κ1) is 13.9. The van der Waals surface area contributed by atoms with Crippen molar-refractivity contribution < 1.29 is 24.1 Å². The molecule has 0 bridgehead atoms. The second-order valence-corrected chi connectivity index (χ2v) is 3.51. The third-order valence-electron chi connectivity index (χ3n) is 2.40. The Morgan fingerprint density at radius 2 is 2.06 bits per heavy atom. The zero-order chi connectivity index (χ0) is 13.5. The van der Waals surface area contributed by atoms with E-state index in [1.54, 1.807) is 24.3 Å². The van der Waals surface area contributed by atoms with Crippen molar-refractivity contribution >= 4 is 6.16 Å². The Bertz CT molecular complexity index is 427. The van der Waals surface area contributed by atoms with Crippen LogP contribution >= 0.6 is 0 Å². The van der Waals surface area contributed by atoms with Gasteiger partial charge in [-0.1, -0.05) is 12.1 Å². The standard InChI is InChI=1S/C13H16O5/c1-4-5-10(18-13(14)15)9-6-7-11(16-2)12(8-9)17-3/h4,6-8,10H,1,5H2,2-3H3,(H,14,15). The molecule has 18 heavy (non-hydrogen) atoms. The Hall–Kier alpha value is -2.17. The van der Waals surface area contributed by atoms with Crippen LogP contribution in [0.15, 0.2) is 30.9 Å². The molecule has 1 aromatic carbocycles. The number of hydrogen-bond donors (Lipinski definition) is 1. The van der Waals surface area contributed by atoms with Crippen molar-refractivity contribution in [2.75, 3.05) is 14.2 Å². The molecule has 0 saturated heterocycles. The number of ether oxygens (including phenoxy) is 3. The van der Waals surface area contributed by atoms with Crippen LogP contribution in [-0.4, -0.2) is 25.5 Å². The lowest BCUT2D eigenvalue weighted by atomic mass is 10.1. The van der Waals surface area contributed by atoms with E-state index in [1.807, 2.05) is 0 Å². The van der Waals surface area contributed by atoms with Gasteiger partial charge in [0.25, 0.3) is 0 Å². The zero-order valence-corrected chi connectivity index (χ0v) is 10.4. The number of carbonyl (C=O) groups is 1. The first-order valence-electron chi connectivity index (χ1n) is 5.34. The molecule has 1 rings (SSSR count). The van der Waals surface area contributed by atoms with Crippen molar-refractivity contribution in [1.29, 1.82) is 0 Å². The number of benzene rings is 1. The average Bonchev–Trinajstić information content (AvgIpc) is 2.37. The third kappa shape index (κ3) is 3.41. The molecule has 0 heterocycles. The fraction of sp³-hybridized carbons (Fsp3) is 0.308. The summed E-state index contributed by atoms with van der Waals surface area (Å²) in [6.45, 7) is 3.58. The maximum atomic E-state index is 10.6. The molecule has 5 heteroatoms. The van der Waals surface area contributed by atoms with Crippen molar-refractivity contribution in [3.05, 3.63) is 36.4 Å². The van der Waals surface area contributed by atoms with Gasteiger partial charge < -0.3 is 19.3 Å². The molecule has 0 aliphatic carbocycles. The molecular formula is C13H16O5. The summed E-state index contributed by atoms with van der Waals surface area (Å²) in [6.07, 6.45) is 0.0722. The van der Waals surface area contributed by atoms with Crippen LogP contribution in [0.2, 0.25) is 0 Å². The summed E-state index contributed by atoms with van der Waals surface area (Å²) in [5, 5.41) is 8.69. The van der Waals surface area contributed by atoms with Crippen molar-refractivity contribution in [2.24, 2.45) is 0 Å². The maximum Gasteiger partial charge on any atom is 0.506 e. The van der Waals surface area contributed by atoms with E-state index in [-0.39, 0.29) is 0 Å². The van der Waals surface area contributed by atoms with Crippen molar-refractivity contribution in [1.82, 2.24) is 0 Å². The van der Waals surface area contributed by atoms with Gasteiger partial charge in [0.05, 0.1) is 14.2 Å². The van der Waals surface area contributed by atoms with Crippen molar-refractivity contribution in [2.45, 2.75) is 12.5 Å². The Morgan fingerprint density at radius 1 is 1.39 bits per heavy atom. The quantitative estimate of drug-likeness (QED) is 0.622. The summed E-state index contributed by atoms with van der Waals surface area (Å²) in [5.74, 6) is 1.10. The van der Waals surface area contributed by atoms with Crippen LogP contribution < -0.4 is 9.47 Å². The molecule has 0 saturated carbocycles. The second kappa shape index (κ2) is 6.54. The molecule has 1 atom stereocenters. The van der Waals surface area contributed by atoms with E-state index < -0.39 is 12.3 Å². The van der Waals surface area contributed by atoms with Gasteiger partial charge in [-0.05, 0) is 17.7 Å². The summed E-state index contributed by atoms with van der Waals surface area (Å²) >= 11 is 0. The molecule has 1 unspecified atom stereocenters. The van der Waals surface area contributed by atoms with Gasteiger partial charge in [-0.2, -0.15) is 0 Å². The largest absolute Gasteiger partial charge is 0.506 e. The molecule has 0 aromatic heterocycles. The fourth-order valence-electron chi connectivity index (χ4n) is 1.58. The summed E-state index contributed by atoms with van der Waals surface area (Å²) in [4.78, 5) is 10.6. The van der Waals surface area contributed by atoms with Gasteiger partial charge in [-0.15, -0.1) is 6.58 Å². The predicted molar refractivity (Wildman–Crippen MR) is 66.2 cm³/mol. The third-order valence-corrected chi connectivity index (χ3v) is 2.40.